The Kier molecular flexibility index (Phi) is 2.45. The van der Waals surface area contributed by atoms with Gasteiger partial charge in [-0.05, 0) is 24.6 Å². The zero-order valence-electron chi connectivity index (χ0n) is 8.17. The average molecular weight is 263 g/mol. The highest BCUT2D eigenvalue weighted by Crippen LogP contribution is 2.97. The zero-order valence-corrected chi connectivity index (χ0v) is 8.99. The summed E-state index contributed by atoms with van der Waals surface area (Å²) in [7, 11) is -9.87. The fraction of sp³-hybridized carbons (Fsp3) is 0.250. The molecule has 0 saturated carbocycles. The monoisotopic (exact) mass is 263 g/mol. The quantitative estimate of drug-likeness (QED) is 0.825. The normalized spacial score (nSPS) is 18.4. The van der Waals surface area contributed by atoms with E-state index in [0.29, 0.717) is 5.56 Å². The van der Waals surface area contributed by atoms with E-state index in [1.807, 2.05) is 0 Å². The Morgan fingerprint density at radius 1 is 1.06 bits per heavy atom. The van der Waals surface area contributed by atoms with E-state index in [2.05, 4.69) is 4.18 Å². The Balaban J connectivity index is 2.94. The molecule has 0 amide bonds. The third kappa shape index (κ3) is 4.67. The number of benzene rings is 1. The highest BCUT2D eigenvalue weighted by Gasteiger charge is 2.67. The van der Waals surface area contributed by atoms with Crippen LogP contribution in [-0.2, 0) is 0 Å². The van der Waals surface area contributed by atoms with Gasteiger partial charge < -0.3 is 9.92 Å². The molecular formula is C8H10F5NOS. The Morgan fingerprint density at radius 3 is 1.81 bits per heavy atom. The van der Waals surface area contributed by atoms with Crippen LogP contribution in [0.5, 0.6) is 5.75 Å². The largest absolute Gasteiger partial charge is 0.435 e. The van der Waals surface area contributed by atoms with Gasteiger partial charge in [0.15, 0.2) is 0 Å². The molecule has 0 radical (unpaired) electrons. The lowest BCUT2D eigenvalue weighted by atomic mass is 10.1. The van der Waals surface area contributed by atoms with Gasteiger partial charge >= 0.3 is 10.5 Å². The van der Waals surface area contributed by atoms with Crippen molar-refractivity contribution in [3.8, 4) is 5.75 Å². The van der Waals surface area contributed by atoms with Crippen molar-refractivity contribution in [2.24, 2.45) is 5.73 Å². The molecule has 0 fully saturated rings. The molecule has 1 aromatic rings. The first-order chi connectivity index (χ1) is 6.86. The molecule has 0 aliphatic rings. The number of rotatable bonds is 3. The van der Waals surface area contributed by atoms with E-state index in [4.69, 9.17) is 5.73 Å². The van der Waals surface area contributed by atoms with Crippen molar-refractivity contribution < 1.29 is 23.6 Å². The molecule has 94 valence electrons. The minimum atomic E-state index is -9.87. The predicted molar refractivity (Wildman–Crippen MR) is 52.8 cm³/mol. The molecule has 2 N–H and O–H groups in total. The van der Waals surface area contributed by atoms with Crippen LogP contribution in [0.1, 0.15) is 18.5 Å². The van der Waals surface area contributed by atoms with Gasteiger partial charge in [0.1, 0.15) is 5.75 Å². The Morgan fingerprint density at radius 2 is 1.50 bits per heavy atom. The van der Waals surface area contributed by atoms with Crippen LogP contribution < -0.4 is 9.92 Å². The lowest BCUT2D eigenvalue weighted by Crippen LogP contribution is -2.14. The van der Waals surface area contributed by atoms with Crippen molar-refractivity contribution in [2.45, 2.75) is 13.0 Å². The number of nitrogens with two attached hydrogens (primary N) is 1. The van der Waals surface area contributed by atoms with Crippen molar-refractivity contribution in [1.29, 1.82) is 0 Å². The van der Waals surface area contributed by atoms with Crippen LogP contribution in [0.4, 0.5) is 19.4 Å². The second kappa shape index (κ2) is 3.01. The zero-order chi connectivity index (χ0) is 12.7. The lowest BCUT2D eigenvalue weighted by Gasteiger charge is -2.39. The van der Waals surface area contributed by atoms with Crippen molar-refractivity contribution in [1.82, 2.24) is 0 Å². The summed E-state index contributed by atoms with van der Waals surface area (Å²) in [5.74, 6) is -0.955. The second-order valence-electron chi connectivity index (χ2n) is 3.34. The van der Waals surface area contributed by atoms with Gasteiger partial charge in [0.2, 0.25) is 0 Å². The van der Waals surface area contributed by atoms with Crippen molar-refractivity contribution in [3.05, 3.63) is 29.8 Å². The van der Waals surface area contributed by atoms with Gasteiger partial charge in [-0.1, -0.05) is 31.6 Å². The summed E-state index contributed by atoms with van der Waals surface area (Å²) in [6.07, 6.45) is 0. The molecule has 1 unspecified atom stereocenters. The Labute approximate surface area is 89.1 Å². The summed E-state index contributed by atoms with van der Waals surface area (Å²) < 4.78 is 62.4. The van der Waals surface area contributed by atoms with Crippen LogP contribution in [0.25, 0.3) is 0 Å². The van der Waals surface area contributed by atoms with Gasteiger partial charge in [0.25, 0.3) is 0 Å². The number of hydrogen-bond donors (Lipinski definition) is 1. The van der Waals surface area contributed by atoms with Gasteiger partial charge in [-0.2, -0.15) is 0 Å². The molecule has 16 heavy (non-hydrogen) atoms. The third-order valence-electron chi connectivity index (χ3n) is 1.66. The van der Waals surface area contributed by atoms with Crippen molar-refractivity contribution in [3.63, 3.8) is 0 Å². The predicted octanol–water partition coefficient (Wildman–Crippen LogP) is 4.30. The topological polar surface area (TPSA) is 35.2 Å². The minimum Gasteiger partial charge on any atom is -0.355 e. The van der Waals surface area contributed by atoms with Crippen LogP contribution in [0, 0.1) is 0 Å². The third-order valence-corrected chi connectivity index (χ3v) is 2.17. The first-order valence-corrected chi connectivity index (χ1v) is 6.04. The van der Waals surface area contributed by atoms with Gasteiger partial charge in [-0.3, -0.25) is 0 Å². The van der Waals surface area contributed by atoms with E-state index in [-0.39, 0.29) is 0 Å². The molecule has 1 atom stereocenters. The number of hydrogen-bond acceptors (Lipinski definition) is 2. The molecule has 0 heterocycles. The maximum Gasteiger partial charge on any atom is 0.435 e. The van der Waals surface area contributed by atoms with Crippen LogP contribution >= 0.6 is 10.5 Å². The molecule has 2 nitrogen and oxygen atoms in total. The Hall–Kier alpha value is -1.02. The standard InChI is InChI=1S/C8H10F5NOS/c1-6(14)7-2-4-8(5-3-7)15-16(9,10,11,12)13/h2-6H,14H2,1H3. The van der Waals surface area contributed by atoms with E-state index < -0.39 is 22.3 Å². The Bertz CT molecular complexity index is 384. The molecule has 0 bridgehead atoms. The first kappa shape index (κ1) is 13.0. The van der Waals surface area contributed by atoms with E-state index in [0.717, 1.165) is 12.1 Å². The molecule has 1 rings (SSSR count). The van der Waals surface area contributed by atoms with Crippen molar-refractivity contribution in [2.75, 3.05) is 0 Å². The number of halogens is 5. The van der Waals surface area contributed by atoms with Crippen LogP contribution in [-0.4, -0.2) is 0 Å². The fourth-order valence-corrected chi connectivity index (χ4v) is 1.48. The summed E-state index contributed by atoms with van der Waals surface area (Å²) >= 11 is 0. The van der Waals surface area contributed by atoms with Crippen LogP contribution in [0.15, 0.2) is 24.3 Å². The van der Waals surface area contributed by atoms with Crippen LogP contribution in [0.2, 0.25) is 0 Å². The van der Waals surface area contributed by atoms with E-state index in [9.17, 15) is 19.4 Å². The SMILES string of the molecule is CC(N)c1ccc(OS(F)(F)(F)(F)F)cc1. The maximum absolute atomic E-state index is 11.9. The smallest absolute Gasteiger partial charge is 0.355 e. The fourth-order valence-electron chi connectivity index (χ4n) is 1.01. The molecule has 8 heteroatoms. The van der Waals surface area contributed by atoms with E-state index in [1.54, 1.807) is 6.92 Å². The molecule has 0 saturated heterocycles. The van der Waals surface area contributed by atoms with E-state index in [1.165, 1.54) is 12.1 Å². The van der Waals surface area contributed by atoms with Gasteiger partial charge in [-0.25, -0.2) is 0 Å². The summed E-state index contributed by atoms with van der Waals surface area (Å²) in [5, 5.41) is 0. The second-order valence-corrected chi connectivity index (χ2v) is 5.30. The first-order valence-electron chi connectivity index (χ1n) is 4.16. The van der Waals surface area contributed by atoms with Gasteiger partial charge in [0, 0.05) is 6.04 Å². The molecule has 0 aromatic heterocycles. The summed E-state index contributed by atoms with van der Waals surface area (Å²) in [5.41, 5.74) is 5.96. The van der Waals surface area contributed by atoms with Crippen LogP contribution in [0.3, 0.4) is 0 Å². The summed E-state index contributed by atoms with van der Waals surface area (Å²) in [4.78, 5) is 0. The highest BCUT2D eigenvalue weighted by atomic mass is 32.5. The molecule has 0 aliphatic heterocycles. The van der Waals surface area contributed by atoms with Gasteiger partial charge in [-0.15, -0.1) is 0 Å². The molecule has 1 aromatic carbocycles. The molecular weight excluding hydrogens is 253 g/mol. The maximum atomic E-state index is 11.9. The van der Waals surface area contributed by atoms with Gasteiger partial charge in [0.05, 0.1) is 0 Å². The van der Waals surface area contributed by atoms with E-state index >= 15 is 0 Å². The highest BCUT2D eigenvalue weighted by molar-refractivity contribution is 8.42. The average Bonchev–Trinajstić information content (AvgIpc) is 1.99. The lowest BCUT2D eigenvalue weighted by molar-refractivity contribution is 0.243. The summed E-state index contributed by atoms with van der Waals surface area (Å²) in [6.45, 7) is 1.61. The molecule has 0 spiro atoms. The summed E-state index contributed by atoms with van der Waals surface area (Å²) in [6, 6.07) is 3.61. The van der Waals surface area contributed by atoms with Crippen molar-refractivity contribution >= 4 is 10.5 Å². The molecule has 0 aliphatic carbocycles. The minimum absolute atomic E-state index is 0.394.